The Balaban J connectivity index is 1.28. The molecule has 0 bridgehead atoms. The molecule has 3 rings (SSSR count). The van der Waals surface area contributed by atoms with Gasteiger partial charge in [0.1, 0.15) is 0 Å². The molecule has 2 N–H and O–H groups in total. The van der Waals surface area contributed by atoms with E-state index >= 15 is 0 Å². The van der Waals surface area contributed by atoms with Crippen molar-refractivity contribution in [3.63, 3.8) is 0 Å². The van der Waals surface area contributed by atoms with E-state index in [0.717, 1.165) is 38.0 Å². The van der Waals surface area contributed by atoms with Crippen LogP contribution in [0.4, 0.5) is 10.5 Å². The number of anilines is 1. The van der Waals surface area contributed by atoms with Crippen molar-refractivity contribution in [2.24, 2.45) is 5.92 Å². The molecule has 6 nitrogen and oxygen atoms in total. The van der Waals surface area contributed by atoms with Gasteiger partial charge in [0.2, 0.25) is 5.91 Å². The lowest BCUT2D eigenvalue weighted by Crippen LogP contribution is -2.42. The second-order valence-corrected chi connectivity index (χ2v) is 7.68. The highest BCUT2D eigenvalue weighted by atomic mass is 16.2. The summed E-state index contributed by atoms with van der Waals surface area (Å²) >= 11 is 0. The smallest absolute Gasteiger partial charge is 0.321 e. The molecule has 148 valence electrons. The number of amides is 3. The minimum Gasteiger partial charge on any atom is -0.356 e. The highest BCUT2D eigenvalue weighted by molar-refractivity contribution is 5.89. The Bertz CT molecular complexity index is 593. The maximum atomic E-state index is 12.3. The van der Waals surface area contributed by atoms with E-state index in [1.54, 1.807) is 0 Å². The summed E-state index contributed by atoms with van der Waals surface area (Å²) in [5.41, 5.74) is 0.818. The molecule has 0 aromatic heterocycles. The van der Waals surface area contributed by atoms with Crippen molar-refractivity contribution in [3.8, 4) is 0 Å². The maximum Gasteiger partial charge on any atom is 0.321 e. The molecule has 0 radical (unpaired) electrons. The van der Waals surface area contributed by atoms with Crippen molar-refractivity contribution >= 4 is 17.6 Å². The second-order valence-electron chi connectivity index (χ2n) is 7.68. The van der Waals surface area contributed by atoms with E-state index in [-0.39, 0.29) is 11.9 Å². The highest BCUT2D eigenvalue weighted by Crippen LogP contribution is 2.21. The number of urea groups is 1. The normalized spacial score (nSPS) is 18.4. The van der Waals surface area contributed by atoms with E-state index in [9.17, 15) is 9.59 Å². The Morgan fingerprint density at radius 2 is 1.70 bits per heavy atom. The molecule has 27 heavy (non-hydrogen) atoms. The molecule has 0 saturated carbocycles. The topological polar surface area (TPSA) is 64.7 Å². The first kappa shape index (κ1) is 19.7. The average molecular weight is 373 g/mol. The number of piperidine rings is 1. The summed E-state index contributed by atoms with van der Waals surface area (Å²) in [5, 5.41) is 5.99. The molecule has 6 heteroatoms. The first-order valence-corrected chi connectivity index (χ1v) is 10.3. The van der Waals surface area contributed by atoms with Crippen LogP contribution in [-0.2, 0) is 4.79 Å². The van der Waals surface area contributed by atoms with Gasteiger partial charge < -0.3 is 20.4 Å². The molecular formula is C21H32N4O2. The average Bonchev–Trinajstić information content (AvgIpc) is 3.20. The zero-order valence-corrected chi connectivity index (χ0v) is 16.2. The molecule has 0 aliphatic carbocycles. The molecule has 1 aromatic rings. The Morgan fingerprint density at radius 1 is 1.00 bits per heavy atom. The van der Waals surface area contributed by atoms with E-state index in [1.165, 1.54) is 25.9 Å². The zero-order valence-electron chi connectivity index (χ0n) is 16.2. The van der Waals surface area contributed by atoms with Crippen LogP contribution in [0.2, 0.25) is 0 Å². The SMILES string of the molecule is O=C(CC1CCN(C(=O)Nc2ccccc2)CC1)NCCCN1CCCC1. The van der Waals surface area contributed by atoms with E-state index < -0.39 is 0 Å². The van der Waals surface area contributed by atoms with Crippen molar-refractivity contribution < 1.29 is 9.59 Å². The summed E-state index contributed by atoms with van der Waals surface area (Å²) in [5.74, 6) is 0.535. The predicted octanol–water partition coefficient (Wildman–Crippen LogP) is 2.92. The summed E-state index contributed by atoms with van der Waals surface area (Å²) in [6.45, 7) is 5.72. The number of nitrogens with one attached hydrogen (secondary N) is 2. The van der Waals surface area contributed by atoms with Crippen molar-refractivity contribution in [1.82, 2.24) is 15.1 Å². The number of carbonyl (C=O) groups is 2. The van der Waals surface area contributed by atoms with Crippen LogP contribution in [-0.4, -0.2) is 61.0 Å². The van der Waals surface area contributed by atoms with Crippen molar-refractivity contribution in [2.75, 3.05) is 44.6 Å². The van der Waals surface area contributed by atoms with Gasteiger partial charge in [0.25, 0.3) is 0 Å². The number of hydrogen-bond acceptors (Lipinski definition) is 3. The van der Waals surface area contributed by atoms with Gasteiger partial charge in [-0.3, -0.25) is 4.79 Å². The molecule has 0 atom stereocenters. The first-order valence-electron chi connectivity index (χ1n) is 10.3. The van der Waals surface area contributed by atoms with Gasteiger partial charge in [-0.2, -0.15) is 0 Å². The second kappa shape index (κ2) is 10.3. The number of benzene rings is 1. The van der Waals surface area contributed by atoms with Gasteiger partial charge in [-0.1, -0.05) is 18.2 Å². The van der Waals surface area contributed by atoms with Gasteiger partial charge in [-0.15, -0.1) is 0 Å². The van der Waals surface area contributed by atoms with Gasteiger partial charge in [-0.25, -0.2) is 4.79 Å². The standard InChI is InChI=1S/C21H32N4O2/c26-20(22-11-6-14-24-12-4-5-13-24)17-18-9-15-25(16-10-18)21(27)23-19-7-2-1-3-8-19/h1-3,7-8,18H,4-6,9-17H2,(H,22,26)(H,23,27). The number of nitrogens with zero attached hydrogens (tertiary/aromatic N) is 2. The Morgan fingerprint density at radius 3 is 2.41 bits per heavy atom. The molecule has 0 spiro atoms. The molecule has 3 amide bonds. The molecule has 1 aromatic carbocycles. The monoisotopic (exact) mass is 372 g/mol. The molecule has 2 heterocycles. The van der Waals surface area contributed by atoms with Crippen LogP contribution in [0.1, 0.15) is 38.5 Å². The largest absolute Gasteiger partial charge is 0.356 e. The number of para-hydroxylation sites is 1. The van der Waals surface area contributed by atoms with E-state index in [1.807, 2.05) is 35.2 Å². The number of likely N-dealkylation sites (tertiary alicyclic amines) is 2. The fourth-order valence-corrected chi connectivity index (χ4v) is 3.94. The predicted molar refractivity (Wildman–Crippen MR) is 108 cm³/mol. The fourth-order valence-electron chi connectivity index (χ4n) is 3.94. The van der Waals surface area contributed by atoms with Crippen LogP contribution in [0, 0.1) is 5.92 Å². The molecule has 2 aliphatic heterocycles. The lowest BCUT2D eigenvalue weighted by molar-refractivity contribution is -0.122. The summed E-state index contributed by atoms with van der Waals surface area (Å²) in [6.07, 6.45) is 6.03. The van der Waals surface area contributed by atoms with Crippen LogP contribution in [0.15, 0.2) is 30.3 Å². The number of carbonyl (C=O) groups excluding carboxylic acids is 2. The summed E-state index contributed by atoms with van der Waals surface area (Å²) in [4.78, 5) is 28.8. The molecule has 2 aliphatic rings. The van der Waals surface area contributed by atoms with Gasteiger partial charge in [0.15, 0.2) is 0 Å². The third-order valence-electron chi connectivity index (χ3n) is 5.57. The third kappa shape index (κ3) is 6.54. The van der Waals surface area contributed by atoms with Crippen LogP contribution in [0.3, 0.4) is 0 Å². The lowest BCUT2D eigenvalue weighted by Gasteiger charge is -2.31. The van der Waals surface area contributed by atoms with Gasteiger partial charge in [0.05, 0.1) is 0 Å². The van der Waals surface area contributed by atoms with E-state index in [0.29, 0.717) is 25.4 Å². The minimum atomic E-state index is -0.0500. The maximum absolute atomic E-state index is 12.3. The van der Waals surface area contributed by atoms with E-state index in [4.69, 9.17) is 0 Å². The zero-order chi connectivity index (χ0) is 18.9. The Kier molecular flexibility index (Phi) is 7.51. The van der Waals surface area contributed by atoms with Gasteiger partial charge >= 0.3 is 6.03 Å². The van der Waals surface area contributed by atoms with Gasteiger partial charge in [-0.05, 0) is 69.8 Å². The summed E-state index contributed by atoms with van der Waals surface area (Å²) in [7, 11) is 0. The van der Waals surface area contributed by atoms with Gasteiger partial charge in [0, 0.05) is 31.7 Å². The summed E-state index contributed by atoms with van der Waals surface area (Å²) in [6, 6.07) is 9.47. The molecule has 2 saturated heterocycles. The molecular weight excluding hydrogens is 340 g/mol. The van der Waals surface area contributed by atoms with Crippen molar-refractivity contribution in [1.29, 1.82) is 0 Å². The Hall–Kier alpha value is -2.08. The molecule has 0 unspecified atom stereocenters. The van der Waals surface area contributed by atoms with E-state index in [2.05, 4.69) is 15.5 Å². The fraction of sp³-hybridized carbons (Fsp3) is 0.619. The first-order chi connectivity index (χ1) is 13.2. The highest BCUT2D eigenvalue weighted by Gasteiger charge is 2.24. The van der Waals surface area contributed by atoms with Crippen LogP contribution in [0.25, 0.3) is 0 Å². The van der Waals surface area contributed by atoms with Crippen LogP contribution < -0.4 is 10.6 Å². The summed E-state index contributed by atoms with van der Waals surface area (Å²) < 4.78 is 0. The number of hydrogen-bond donors (Lipinski definition) is 2. The lowest BCUT2D eigenvalue weighted by atomic mass is 9.93. The number of rotatable bonds is 7. The minimum absolute atomic E-state index is 0.0500. The Labute approximate surface area is 162 Å². The van der Waals surface area contributed by atoms with Crippen LogP contribution in [0.5, 0.6) is 0 Å². The van der Waals surface area contributed by atoms with Crippen LogP contribution >= 0.6 is 0 Å². The van der Waals surface area contributed by atoms with Crippen molar-refractivity contribution in [3.05, 3.63) is 30.3 Å². The van der Waals surface area contributed by atoms with Crippen molar-refractivity contribution in [2.45, 2.75) is 38.5 Å². The quantitative estimate of drug-likeness (QED) is 0.724. The molecule has 2 fully saturated rings. The third-order valence-corrected chi connectivity index (χ3v) is 5.57.